The predicted octanol–water partition coefficient (Wildman–Crippen LogP) is 1.82. The second-order valence-electron chi connectivity index (χ2n) is 7.01. The van der Waals surface area contributed by atoms with Crippen molar-refractivity contribution < 1.29 is 26.4 Å². The van der Waals surface area contributed by atoms with Gasteiger partial charge in [-0.25, -0.2) is 21.6 Å². The first-order valence-electron chi connectivity index (χ1n) is 9.69. The first-order chi connectivity index (χ1) is 15.0. The first-order valence-corrected chi connectivity index (χ1v) is 13.1. The molecular weight excluding hydrogens is 454 g/mol. The molecule has 0 fully saturated rings. The molecule has 0 aliphatic carbocycles. The van der Waals surface area contributed by atoms with Gasteiger partial charge in [0, 0.05) is 38.4 Å². The zero-order chi connectivity index (χ0) is 23.8. The molecule has 1 N–H and O–H groups in total. The average Bonchev–Trinajstić information content (AvgIpc) is 2.76. The fraction of sp³-hybridized carbons (Fsp3) is 0.333. The third-order valence-corrected chi connectivity index (χ3v) is 7.01. The van der Waals surface area contributed by atoms with E-state index in [0.717, 1.165) is 6.26 Å². The summed E-state index contributed by atoms with van der Waals surface area (Å²) in [7, 11) is -5.42. The maximum Gasteiger partial charge on any atom is 0.253 e. The molecule has 0 aromatic heterocycles. The normalized spacial score (nSPS) is 11.5. The highest BCUT2D eigenvalue weighted by Crippen LogP contribution is 2.17. The van der Waals surface area contributed by atoms with Gasteiger partial charge < -0.3 is 9.64 Å². The van der Waals surface area contributed by atoms with Crippen LogP contribution < -0.4 is 9.46 Å². The van der Waals surface area contributed by atoms with Crippen LogP contribution in [0.2, 0.25) is 0 Å². The van der Waals surface area contributed by atoms with E-state index in [1.54, 1.807) is 19.2 Å². The van der Waals surface area contributed by atoms with Gasteiger partial charge in [0.15, 0.2) is 9.84 Å². The third-order valence-electron chi connectivity index (χ3n) is 4.43. The first kappa shape index (κ1) is 25.3. The minimum absolute atomic E-state index is 0.0133. The number of ether oxygens (including phenoxy) is 1. The van der Waals surface area contributed by atoms with Crippen LogP contribution in [0.5, 0.6) is 5.75 Å². The van der Waals surface area contributed by atoms with Gasteiger partial charge in [0.05, 0.1) is 22.5 Å². The summed E-state index contributed by atoms with van der Waals surface area (Å²) in [4.78, 5) is 14.2. The summed E-state index contributed by atoms with van der Waals surface area (Å²) in [5.74, 6) is 0.160. The van der Waals surface area contributed by atoms with Gasteiger partial charge in [-0.2, -0.15) is 5.26 Å². The molecule has 2 aromatic rings. The highest BCUT2D eigenvalue weighted by molar-refractivity contribution is 7.90. The van der Waals surface area contributed by atoms with Crippen LogP contribution in [0.25, 0.3) is 0 Å². The van der Waals surface area contributed by atoms with E-state index in [0.29, 0.717) is 24.3 Å². The summed E-state index contributed by atoms with van der Waals surface area (Å²) in [6, 6.07) is 13.6. The van der Waals surface area contributed by atoms with E-state index in [-0.39, 0.29) is 35.3 Å². The molecule has 0 saturated heterocycles. The van der Waals surface area contributed by atoms with Gasteiger partial charge in [-0.1, -0.05) is 6.07 Å². The van der Waals surface area contributed by atoms with Crippen molar-refractivity contribution in [1.29, 1.82) is 5.26 Å². The van der Waals surface area contributed by atoms with Crippen molar-refractivity contribution in [1.82, 2.24) is 9.62 Å². The lowest BCUT2D eigenvalue weighted by Crippen LogP contribution is -2.29. The zero-order valence-electron chi connectivity index (χ0n) is 17.8. The molecule has 0 unspecified atom stereocenters. The van der Waals surface area contributed by atoms with Crippen LogP contribution in [0.1, 0.15) is 23.2 Å². The monoisotopic (exact) mass is 479 g/mol. The maximum atomic E-state index is 12.6. The number of hydrogen-bond acceptors (Lipinski definition) is 7. The van der Waals surface area contributed by atoms with Crippen LogP contribution in [0, 0.1) is 11.3 Å². The van der Waals surface area contributed by atoms with Crippen LogP contribution in [-0.4, -0.2) is 60.6 Å². The molecule has 0 aliphatic heterocycles. The molecule has 32 heavy (non-hydrogen) atoms. The molecule has 2 rings (SSSR count). The van der Waals surface area contributed by atoms with Crippen LogP contribution in [0.3, 0.4) is 0 Å². The largest absolute Gasteiger partial charge is 0.493 e. The molecule has 0 saturated carbocycles. The molecule has 0 spiro atoms. The molecule has 1 amide bonds. The van der Waals surface area contributed by atoms with Gasteiger partial charge in [-0.15, -0.1) is 0 Å². The number of carbonyl (C=O) groups excluding carboxylic acids is 1. The number of amides is 1. The van der Waals surface area contributed by atoms with Crippen molar-refractivity contribution in [3.63, 3.8) is 0 Å². The number of sulfonamides is 1. The Morgan fingerprint density at radius 1 is 1.09 bits per heavy atom. The van der Waals surface area contributed by atoms with E-state index in [2.05, 4.69) is 4.72 Å². The Bertz CT molecular complexity index is 1190. The van der Waals surface area contributed by atoms with E-state index >= 15 is 0 Å². The molecular formula is C21H25N3O6S2. The Hall–Kier alpha value is -2.94. The van der Waals surface area contributed by atoms with Gasteiger partial charge in [0.25, 0.3) is 5.91 Å². The summed E-state index contributed by atoms with van der Waals surface area (Å²) in [6.07, 6.45) is 1.70. The topological polar surface area (TPSA) is 134 Å². The number of sulfone groups is 1. The fourth-order valence-electron chi connectivity index (χ4n) is 2.71. The zero-order valence-corrected chi connectivity index (χ0v) is 19.4. The smallest absolute Gasteiger partial charge is 0.253 e. The number of rotatable bonds is 11. The van der Waals surface area contributed by atoms with Crippen LogP contribution in [0.4, 0.5) is 0 Å². The van der Waals surface area contributed by atoms with E-state index in [1.165, 1.54) is 41.3 Å². The van der Waals surface area contributed by atoms with Crippen molar-refractivity contribution >= 4 is 25.8 Å². The highest BCUT2D eigenvalue weighted by Gasteiger charge is 2.16. The van der Waals surface area contributed by atoms with Gasteiger partial charge in [0.2, 0.25) is 10.0 Å². The van der Waals surface area contributed by atoms with Crippen molar-refractivity contribution in [3.8, 4) is 11.8 Å². The molecule has 9 nitrogen and oxygen atoms in total. The second-order valence-corrected chi connectivity index (χ2v) is 10.8. The number of nitrogens with one attached hydrogen (secondary N) is 1. The van der Waals surface area contributed by atoms with E-state index in [1.807, 2.05) is 6.07 Å². The molecule has 0 aliphatic rings. The summed E-state index contributed by atoms with van der Waals surface area (Å²) in [6.45, 7) is 0.694. The van der Waals surface area contributed by atoms with Gasteiger partial charge in [-0.3, -0.25) is 4.79 Å². The van der Waals surface area contributed by atoms with E-state index in [9.17, 15) is 21.6 Å². The van der Waals surface area contributed by atoms with Crippen molar-refractivity contribution in [2.75, 3.05) is 33.0 Å². The second kappa shape index (κ2) is 11.1. The summed E-state index contributed by atoms with van der Waals surface area (Å²) < 4.78 is 55.3. The van der Waals surface area contributed by atoms with Crippen LogP contribution in [-0.2, 0) is 19.9 Å². The molecule has 172 valence electrons. The maximum absolute atomic E-state index is 12.6. The lowest BCUT2D eigenvalue weighted by molar-refractivity contribution is 0.0787. The van der Waals surface area contributed by atoms with E-state index < -0.39 is 19.9 Å². The predicted molar refractivity (Wildman–Crippen MR) is 118 cm³/mol. The third kappa shape index (κ3) is 7.33. The Morgan fingerprint density at radius 2 is 1.78 bits per heavy atom. The molecule has 0 radical (unpaired) electrons. The number of nitrogens with zero attached hydrogens (tertiary/aromatic N) is 2. The molecule has 11 heteroatoms. The summed E-state index contributed by atoms with van der Waals surface area (Å²) in [5, 5.41) is 8.50. The Labute approximate surface area is 188 Å². The Morgan fingerprint density at radius 3 is 2.41 bits per heavy atom. The van der Waals surface area contributed by atoms with Crippen molar-refractivity contribution in [3.05, 3.63) is 54.1 Å². The van der Waals surface area contributed by atoms with Crippen LogP contribution in [0.15, 0.2) is 58.3 Å². The summed E-state index contributed by atoms with van der Waals surface area (Å²) >= 11 is 0. The SMILES string of the molecule is CN(CCCOc1cccc(S(C)(=O)=O)c1)C(=O)c1ccc(S(=O)(=O)NCCC#N)cc1. The van der Waals surface area contributed by atoms with Gasteiger partial charge in [-0.05, 0) is 48.9 Å². The lowest BCUT2D eigenvalue weighted by atomic mass is 10.2. The molecule has 0 bridgehead atoms. The Kier molecular flexibility index (Phi) is 8.77. The highest BCUT2D eigenvalue weighted by atomic mass is 32.2. The number of nitriles is 1. The summed E-state index contributed by atoms with van der Waals surface area (Å²) in [5.41, 5.74) is 0.338. The van der Waals surface area contributed by atoms with Crippen molar-refractivity contribution in [2.45, 2.75) is 22.6 Å². The van der Waals surface area contributed by atoms with Crippen molar-refractivity contribution in [2.24, 2.45) is 0 Å². The van der Waals surface area contributed by atoms with Gasteiger partial charge >= 0.3 is 0 Å². The number of benzene rings is 2. The molecule has 0 atom stereocenters. The standard InChI is InChI=1S/C21H25N3O6S2/c1-24(14-5-15-30-18-6-3-7-20(16-18)31(2,26)27)21(25)17-8-10-19(11-9-17)32(28,29)23-13-4-12-22/h3,6-11,16,23H,4-5,13-15H2,1-2H3. The Balaban J connectivity index is 1.87. The molecule has 0 heterocycles. The minimum atomic E-state index is -3.73. The lowest BCUT2D eigenvalue weighted by Gasteiger charge is -2.17. The van der Waals surface area contributed by atoms with E-state index in [4.69, 9.17) is 10.00 Å². The fourth-order valence-corrected chi connectivity index (χ4v) is 4.40. The average molecular weight is 480 g/mol. The number of hydrogen-bond donors (Lipinski definition) is 1. The number of carbonyl (C=O) groups is 1. The quantitative estimate of drug-likeness (QED) is 0.486. The van der Waals surface area contributed by atoms with Gasteiger partial charge in [0.1, 0.15) is 5.75 Å². The molecule has 2 aromatic carbocycles. The van der Waals surface area contributed by atoms with Crippen LogP contribution >= 0.6 is 0 Å². The minimum Gasteiger partial charge on any atom is -0.493 e.